The van der Waals surface area contributed by atoms with Crippen molar-refractivity contribution in [2.24, 2.45) is 12.0 Å². The number of aromatic nitrogens is 2. The standard InChI is InChI=1S/C15H27ClN6O/c1-6-7-8-17-15(19-10-14(23)20(2)3)21(4)11-13-18-9-12(16)22(13)5/h9H,6-8,10-11H2,1-5H3,(H,17,19). The third kappa shape index (κ3) is 6.09. The molecule has 1 aromatic heterocycles. The maximum absolute atomic E-state index is 11.8. The second-order valence-electron chi connectivity index (χ2n) is 5.62. The summed E-state index contributed by atoms with van der Waals surface area (Å²) in [7, 11) is 7.24. The van der Waals surface area contributed by atoms with E-state index in [2.05, 4.69) is 22.2 Å². The van der Waals surface area contributed by atoms with E-state index in [4.69, 9.17) is 11.6 Å². The Kier molecular flexibility index (Phi) is 7.88. The molecule has 8 heteroatoms. The summed E-state index contributed by atoms with van der Waals surface area (Å²) in [5.41, 5.74) is 0. The van der Waals surface area contributed by atoms with Gasteiger partial charge in [0, 0.05) is 34.7 Å². The van der Waals surface area contributed by atoms with Gasteiger partial charge in [0.25, 0.3) is 0 Å². The number of rotatable bonds is 7. The van der Waals surface area contributed by atoms with Crippen LogP contribution in [0.1, 0.15) is 25.6 Å². The number of hydrogen-bond acceptors (Lipinski definition) is 3. The van der Waals surface area contributed by atoms with Crippen molar-refractivity contribution in [3.63, 3.8) is 0 Å². The monoisotopic (exact) mass is 342 g/mol. The van der Waals surface area contributed by atoms with Gasteiger partial charge in [-0.15, -0.1) is 0 Å². The Hall–Kier alpha value is -1.76. The number of unbranched alkanes of at least 4 members (excludes halogenated alkanes) is 1. The van der Waals surface area contributed by atoms with Crippen molar-refractivity contribution in [1.82, 2.24) is 24.7 Å². The van der Waals surface area contributed by atoms with Gasteiger partial charge in [0.15, 0.2) is 5.96 Å². The van der Waals surface area contributed by atoms with Gasteiger partial charge in [-0.05, 0) is 6.42 Å². The van der Waals surface area contributed by atoms with Crippen LogP contribution < -0.4 is 5.32 Å². The van der Waals surface area contributed by atoms with Crippen molar-refractivity contribution in [2.75, 3.05) is 34.2 Å². The van der Waals surface area contributed by atoms with Gasteiger partial charge in [-0.3, -0.25) is 4.79 Å². The highest BCUT2D eigenvalue weighted by atomic mass is 35.5. The number of likely N-dealkylation sites (N-methyl/N-ethyl adjacent to an activating group) is 1. The number of carbonyl (C=O) groups is 1. The summed E-state index contributed by atoms with van der Waals surface area (Å²) in [5.74, 6) is 1.49. The van der Waals surface area contributed by atoms with E-state index in [1.807, 2.05) is 23.6 Å². The SMILES string of the molecule is CCCCNC(=NCC(=O)N(C)C)N(C)Cc1ncc(Cl)n1C. The molecule has 0 bridgehead atoms. The van der Waals surface area contributed by atoms with Crippen LogP contribution in [-0.2, 0) is 18.4 Å². The molecule has 0 spiro atoms. The minimum Gasteiger partial charge on any atom is -0.356 e. The summed E-state index contributed by atoms with van der Waals surface area (Å²) in [4.78, 5) is 23.9. The van der Waals surface area contributed by atoms with Crippen LogP contribution >= 0.6 is 11.6 Å². The number of aliphatic imine (C=N–C) groups is 1. The minimum atomic E-state index is -0.0340. The lowest BCUT2D eigenvalue weighted by Crippen LogP contribution is -2.40. The Balaban J connectivity index is 2.78. The predicted molar refractivity (Wildman–Crippen MR) is 93.6 cm³/mol. The van der Waals surface area contributed by atoms with Gasteiger partial charge in [-0.2, -0.15) is 0 Å². The highest BCUT2D eigenvalue weighted by molar-refractivity contribution is 6.29. The summed E-state index contributed by atoms with van der Waals surface area (Å²) in [6.07, 6.45) is 3.76. The summed E-state index contributed by atoms with van der Waals surface area (Å²) in [6.45, 7) is 3.62. The molecule has 0 fully saturated rings. The first-order valence-electron chi connectivity index (χ1n) is 7.72. The second-order valence-corrected chi connectivity index (χ2v) is 6.01. The molecule has 0 saturated heterocycles. The van der Waals surface area contributed by atoms with E-state index in [9.17, 15) is 4.79 Å². The van der Waals surface area contributed by atoms with E-state index in [1.165, 1.54) is 4.90 Å². The fraction of sp³-hybridized carbons (Fsp3) is 0.667. The molecule has 7 nitrogen and oxygen atoms in total. The number of hydrogen-bond donors (Lipinski definition) is 1. The quantitative estimate of drug-likeness (QED) is 0.461. The number of imidazole rings is 1. The van der Waals surface area contributed by atoms with Crippen LogP contribution in [0.2, 0.25) is 5.15 Å². The molecular weight excluding hydrogens is 316 g/mol. The lowest BCUT2D eigenvalue weighted by atomic mass is 10.3. The van der Waals surface area contributed by atoms with E-state index < -0.39 is 0 Å². The van der Waals surface area contributed by atoms with Crippen molar-refractivity contribution in [3.8, 4) is 0 Å². The van der Waals surface area contributed by atoms with Crippen molar-refractivity contribution < 1.29 is 4.79 Å². The Labute approximate surface area is 143 Å². The second kappa shape index (κ2) is 9.39. The summed E-state index contributed by atoms with van der Waals surface area (Å²) >= 11 is 6.02. The van der Waals surface area contributed by atoms with Crippen LogP contribution in [0.25, 0.3) is 0 Å². The Morgan fingerprint density at radius 3 is 2.65 bits per heavy atom. The molecule has 0 radical (unpaired) electrons. The third-order valence-electron chi connectivity index (χ3n) is 3.44. The first-order chi connectivity index (χ1) is 10.9. The number of guanidine groups is 1. The van der Waals surface area contributed by atoms with Gasteiger partial charge in [0.1, 0.15) is 17.5 Å². The van der Waals surface area contributed by atoms with E-state index >= 15 is 0 Å². The van der Waals surface area contributed by atoms with E-state index in [1.54, 1.807) is 20.3 Å². The van der Waals surface area contributed by atoms with Crippen LogP contribution in [-0.4, -0.2) is 65.5 Å². The van der Waals surface area contributed by atoms with Gasteiger partial charge < -0.3 is 19.7 Å². The predicted octanol–water partition coefficient (Wildman–Crippen LogP) is 1.34. The summed E-state index contributed by atoms with van der Waals surface area (Å²) < 4.78 is 1.83. The fourth-order valence-corrected chi connectivity index (χ4v) is 1.98. The van der Waals surface area contributed by atoms with Crippen LogP contribution in [0, 0.1) is 0 Å². The Bertz CT molecular complexity index is 540. The van der Waals surface area contributed by atoms with Crippen LogP contribution in [0.15, 0.2) is 11.2 Å². The molecule has 1 amide bonds. The van der Waals surface area contributed by atoms with E-state index in [-0.39, 0.29) is 12.5 Å². The van der Waals surface area contributed by atoms with Crippen molar-refractivity contribution in [1.29, 1.82) is 0 Å². The number of amides is 1. The average Bonchev–Trinajstić information content (AvgIpc) is 2.82. The normalized spacial score (nSPS) is 11.5. The molecule has 23 heavy (non-hydrogen) atoms. The molecule has 130 valence electrons. The zero-order valence-electron chi connectivity index (χ0n) is 14.6. The molecule has 0 aliphatic carbocycles. The molecule has 0 aliphatic heterocycles. The van der Waals surface area contributed by atoms with Gasteiger partial charge in [0.05, 0.1) is 12.7 Å². The number of nitrogens with zero attached hydrogens (tertiary/aromatic N) is 5. The van der Waals surface area contributed by atoms with E-state index in [0.717, 1.165) is 25.2 Å². The molecule has 0 atom stereocenters. The van der Waals surface area contributed by atoms with E-state index in [0.29, 0.717) is 17.7 Å². The zero-order chi connectivity index (χ0) is 17.4. The molecule has 1 heterocycles. The maximum atomic E-state index is 11.8. The number of carbonyl (C=O) groups excluding carboxylic acids is 1. The molecule has 0 aromatic carbocycles. The summed E-state index contributed by atoms with van der Waals surface area (Å²) in [5, 5.41) is 3.89. The number of nitrogens with one attached hydrogen (secondary N) is 1. The fourth-order valence-electron chi connectivity index (χ4n) is 1.83. The van der Waals surface area contributed by atoms with Crippen molar-refractivity contribution in [2.45, 2.75) is 26.3 Å². The number of halogens is 1. The van der Waals surface area contributed by atoms with Crippen molar-refractivity contribution >= 4 is 23.5 Å². The average molecular weight is 343 g/mol. The lowest BCUT2D eigenvalue weighted by Gasteiger charge is -2.22. The molecular formula is C15H27ClN6O. The molecule has 0 unspecified atom stereocenters. The highest BCUT2D eigenvalue weighted by Gasteiger charge is 2.12. The summed E-state index contributed by atoms with van der Waals surface area (Å²) in [6, 6.07) is 0. The topological polar surface area (TPSA) is 65.8 Å². The minimum absolute atomic E-state index is 0.0340. The maximum Gasteiger partial charge on any atom is 0.243 e. The van der Waals surface area contributed by atoms with Gasteiger partial charge in [0.2, 0.25) is 5.91 Å². The zero-order valence-corrected chi connectivity index (χ0v) is 15.4. The van der Waals surface area contributed by atoms with Crippen LogP contribution in [0.5, 0.6) is 0 Å². The largest absolute Gasteiger partial charge is 0.356 e. The van der Waals surface area contributed by atoms with Crippen LogP contribution in [0.4, 0.5) is 0 Å². The molecule has 1 N–H and O–H groups in total. The Morgan fingerprint density at radius 1 is 1.43 bits per heavy atom. The first-order valence-corrected chi connectivity index (χ1v) is 8.10. The molecule has 1 rings (SSSR count). The Morgan fingerprint density at radius 2 is 2.13 bits per heavy atom. The highest BCUT2D eigenvalue weighted by Crippen LogP contribution is 2.10. The van der Waals surface area contributed by atoms with Gasteiger partial charge >= 0.3 is 0 Å². The molecule has 1 aromatic rings. The molecule has 0 aliphatic rings. The van der Waals surface area contributed by atoms with Crippen LogP contribution in [0.3, 0.4) is 0 Å². The van der Waals surface area contributed by atoms with Gasteiger partial charge in [-0.25, -0.2) is 9.98 Å². The first kappa shape index (κ1) is 19.3. The van der Waals surface area contributed by atoms with Crippen molar-refractivity contribution in [3.05, 3.63) is 17.2 Å². The smallest absolute Gasteiger partial charge is 0.243 e. The van der Waals surface area contributed by atoms with Gasteiger partial charge in [-0.1, -0.05) is 24.9 Å². The molecule has 0 saturated carbocycles. The third-order valence-corrected chi connectivity index (χ3v) is 3.80. The lowest BCUT2D eigenvalue weighted by molar-refractivity contribution is -0.127.